The maximum Gasteiger partial charge on any atom is 0.775 e. The van der Waals surface area contributed by atoms with E-state index in [1.165, 1.54) is 0 Å². The van der Waals surface area contributed by atoms with Crippen LogP contribution in [-0.4, -0.2) is 12.4 Å². The molecule has 0 fully saturated rings. The molecule has 1 N–H and O–H groups in total. The van der Waals surface area contributed by atoms with Crippen molar-refractivity contribution in [2.24, 2.45) is 5.34 Å². The van der Waals surface area contributed by atoms with Gasteiger partial charge in [-0.05, 0) is 0 Å². The molecule has 0 aromatic rings. The summed E-state index contributed by atoms with van der Waals surface area (Å²) < 4.78 is 13.7. The van der Waals surface area contributed by atoms with E-state index in [9.17, 15) is 4.32 Å². The molecule has 0 aromatic carbocycles. The highest BCUT2D eigenvalue weighted by Crippen LogP contribution is 1.78. The van der Waals surface area contributed by atoms with Gasteiger partial charge in [0.1, 0.15) is 5.34 Å². The molecule has 0 radical (unpaired) electrons. The molecule has 6 heavy (non-hydrogen) atoms. The second-order valence-electron chi connectivity index (χ2n) is 0.472. The third kappa shape index (κ3) is 3.35. The number of nitrogens with zero attached hydrogens (tertiary/aromatic N) is 1. The first-order valence-electron chi connectivity index (χ1n) is 1.08. The minimum Gasteiger partial charge on any atom is -0.385 e. The Morgan fingerprint density at radius 3 is 2.50 bits per heavy atom. The normalized spacial score (nSPS) is 7.00. The van der Waals surface area contributed by atoms with Crippen LogP contribution in [0, 0.1) is 4.91 Å². The molecule has 0 saturated heterocycles. The fourth-order valence-electron chi connectivity index (χ4n) is 0.0355. The summed E-state index contributed by atoms with van der Waals surface area (Å²) in [5.74, 6) is 0. The lowest BCUT2D eigenvalue weighted by atomic mass is 10.3. The van der Waals surface area contributed by atoms with E-state index in [-0.39, 0.29) is 0 Å². The standard InChI is InChI=1S/BFHNO3/c2-1(4)6-3-5/h4H. The number of hydrogen-bond acceptors (Lipinski definition) is 4. The van der Waals surface area contributed by atoms with E-state index in [4.69, 9.17) is 9.93 Å². The van der Waals surface area contributed by atoms with Gasteiger partial charge in [-0.25, -0.2) is 4.32 Å². The second kappa shape index (κ2) is 2.58. The lowest BCUT2D eigenvalue weighted by Gasteiger charge is -1.80. The Bertz CT molecular complexity index is 46.1. The van der Waals surface area contributed by atoms with Crippen molar-refractivity contribution in [2.45, 2.75) is 0 Å². The predicted octanol–water partition coefficient (Wildman–Crippen LogP) is -0.369. The van der Waals surface area contributed by atoms with E-state index in [2.05, 4.69) is 4.76 Å². The summed E-state index contributed by atoms with van der Waals surface area (Å²) in [4.78, 5) is 8.74. The fraction of sp³-hybridized carbons (Fsp3) is 0. The van der Waals surface area contributed by atoms with E-state index < -0.39 is 7.40 Å². The predicted molar refractivity (Wildman–Crippen MR) is 16.0 cm³/mol. The molecule has 0 amide bonds. The van der Waals surface area contributed by atoms with Crippen LogP contribution in [0.5, 0.6) is 0 Å². The zero-order valence-corrected chi connectivity index (χ0v) is 2.67. The van der Waals surface area contributed by atoms with Crippen molar-refractivity contribution < 1.29 is 14.1 Å². The van der Waals surface area contributed by atoms with Gasteiger partial charge >= 0.3 is 7.40 Å². The average Bonchev–Trinajstić information content (AvgIpc) is 1.35. The molecule has 0 bridgehead atoms. The second-order valence-corrected chi connectivity index (χ2v) is 0.472. The molecule has 0 aromatic heterocycles. The molecule has 0 atom stereocenters. The van der Waals surface area contributed by atoms with Crippen LogP contribution in [0.2, 0.25) is 0 Å². The summed E-state index contributed by atoms with van der Waals surface area (Å²) in [6.07, 6.45) is 0. The Kier molecular flexibility index (Phi) is 2.31. The van der Waals surface area contributed by atoms with Crippen LogP contribution in [0.15, 0.2) is 5.34 Å². The van der Waals surface area contributed by atoms with E-state index >= 15 is 0 Å². The summed E-state index contributed by atoms with van der Waals surface area (Å²) in [5, 5.41) is 8.93. The molecule has 0 heterocycles. The van der Waals surface area contributed by atoms with Crippen molar-refractivity contribution in [1.82, 2.24) is 0 Å². The maximum absolute atomic E-state index is 10.7. The van der Waals surface area contributed by atoms with Crippen molar-refractivity contribution in [3.63, 3.8) is 0 Å². The lowest BCUT2D eigenvalue weighted by Crippen LogP contribution is -2.04. The molecule has 0 spiro atoms. The van der Waals surface area contributed by atoms with E-state index in [0.717, 1.165) is 0 Å². The van der Waals surface area contributed by atoms with Gasteiger partial charge in [-0.2, -0.15) is 0 Å². The van der Waals surface area contributed by atoms with Crippen molar-refractivity contribution in [2.75, 3.05) is 0 Å². The number of hydrogen-bond donors (Lipinski definition) is 1. The highest BCUT2D eigenvalue weighted by molar-refractivity contribution is 6.33. The summed E-state index contributed by atoms with van der Waals surface area (Å²) in [6, 6.07) is 0. The molecule has 0 saturated carbocycles. The molecule has 0 unspecified atom stereocenters. The van der Waals surface area contributed by atoms with Crippen LogP contribution < -0.4 is 0 Å². The van der Waals surface area contributed by atoms with Gasteiger partial charge in [0.05, 0.1) is 0 Å². The Balaban J connectivity index is 2.81. The molecule has 0 rings (SSSR count). The van der Waals surface area contributed by atoms with Crippen LogP contribution in [0.4, 0.5) is 4.32 Å². The third-order valence-corrected chi connectivity index (χ3v) is 0.130. The number of halogens is 1. The number of rotatable bonds is 2. The Morgan fingerprint density at radius 2 is 2.50 bits per heavy atom. The average molecular weight is 92.8 g/mol. The summed E-state index contributed by atoms with van der Waals surface area (Å²) >= 11 is 0. The zero-order chi connectivity index (χ0) is 4.99. The first-order valence-corrected chi connectivity index (χ1v) is 1.08. The van der Waals surface area contributed by atoms with Gasteiger partial charge in [0.15, 0.2) is 0 Å². The first kappa shape index (κ1) is 5.35. The SMILES string of the molecule is O=NOB(O)F. The molecule has 4 nitrogen and oxygen atoms in total. The van der Waals surface area contributed by atoms with Crippen LogP contribution in [0.25, 0.3) is 0 Å². The molecule has 34 valence electrons. The minimum absolute atomic E-state index is 1.56. The highest BCUT2D eigenvalue weighted by Gasteiger charge is 2.12. The van der Waals surface area contributed by atoms with E-state index in [1.54, 1.807) is 5.34 Å². The minimum atomic E-state index is -2.58. The Labute approximate surface area is 33.0 Å². The summed E-state index contributed by atoms with van der Waals surface area (Å²) in [5.41, 5.74) is 0. The highest BCUT2D eigenvalue weighted by atomic mass is 19.1. The molecule has 6 heteroatoms. The van der Waals surface area contributed by atoms with Crippen LogP contribution in [0.1, 0.15) is 0 Å². The van der Waals surface area contributed by atoms with Crippen LogP contribution in [0.3, 0.4) is 0 Å². The molecule has 0 aliphatic rings. The van der Waals surface area contributed by atoms with Gasteiger partial charge in [0.2, 0.25) is 0 Å². The monoisotopic (exact) mass is 93.0 g/mol. The van der Waals surface area contributed by atoms with Crippen LogP contribution >= 0.6 is 0 Å². The topological polar surface area (TPSA) is 58.9 Å². The van der Waals surface area contributed by atoms with Crippen LogP contribution in [-0.2, 0) is 4.76 Å². The quantitative estimate of drug-likeness (QED) is 0.287. The van der Waals surface area contributed by atoms with Gasteiger partial charge in [-0.15, -0.1) is 4.91 Å². The maximum atomic E-state index is 10.7. The Hall–Kier alpha value is -0.645. The van der Waals surface area contributed by atoms with Gasteiger partial charge in [0, 0.05) is 0 Å². The van der Waals surface area contributed by atoms with Gasteiger partial charge in [-0.1, -0.05) is 0 Å². The Morgan fingerprint density at radius 1 is 2.00 bits per heavy atom. The van der Waals surface area contributed by atoms with Gasteiger partial charge in [-0.3, -0.25) is 0 Å². The van der Waals surface area contributed by atoms with Crippen molar-refractivity contribution in [3.8, 4) is 0 Å². The van der Waals surface area contributed by atoms with Crippen molar-refractivity contribution >= 4 is 7.40 Å². The largest absolute Gasteiger partial charge is 0.775 e. The summed E-state index contributed by atoms with van der Waals surface area (Å²) in [6.45, 7) is 0. The molecule has 0 aliphatic carbocycles. The molecule has 0 aliphatic heterocycles. The van der Waals surface area contributed by atoms with E-state index in [0.29, 0.717) is 0 Å². The summed E-state index contributed by atoms with van der Waals surface area (Å²) in [7, 11) is -2.58. The molecular formula is HBFNO3. The lowest BCUT2D eigenvalue weighted by molar-refractivity contribution is 0.228. The first-order chi connectivity index (χ1) is 2.77. The van der Waals surface area contributed by atoms with Gasteiger partial charge < -0.3 is 9.78 Å². The van der Waals surface area contributed by atoms with Gasteiger partial charge in [0.25, 0.3) is 0 Å². The fourth-order valence-corrected chi connectivity index (χ4v) is 0.0355. The third-order valence-electron chi connectivity index (χ3n) is 0.130. The zero-order valence-electron chi connectivity index (χ0n) is 2.67. The van der Waals surface area contributed by atoms with E-state index in [1.807, 2.05) is 0 Å². The molecular weight excluding hydrogens is 91.8 g/mol. The smallest absolute Gasteiger partial charge is 0.385 e. The van der Waals surface area contributed by atoms with Crippen molar-refractivity contribution in [3.05, 3.63) is 4.91 Å². The van der Waals surface area contributed by atoms with Crippen molar-refractivity contribution in [1.29, 1.82) is 0 Å².